The minimum atomic E-state index is -0.629. The van der Waals surface area contributed by atoms with Crippen molar-refractivity contribution in [3.8, 4) is 0 Å². The maximum absolute atomic E-state index is 10.8. The largest absolute Gasteiger partial charge is 0.326 e. The van der Waals surface area contributed by atoms with Crippen molar-refractivity contribution in [3.05, 3.63) is 58.4 Å². The molecule has 0 aliphatic rings. The molecule has 19 heavy (non-hydrogen) atoms. The highest BCUT2D eigenvalue weighted by molar-refractivity contribution is 5.29. The fraction of sp³-hybridized carbons (Fsp3) is 0.308. The van der Waals surface area contributed by atoms with Crippen LogP contribution in [0, 0.1) is 10.1 Å². The average Bonchev–Trinajstić information content (AvgIpc) is 2.88. The van der Waals surface area contributed by atoms with Gasteiger partial charge >= 0.3 is 5.69 Å². The van der Waals surface area contributed by atoms with Crippen molar-refractivity contribution in [2.24, 2.45) is 5.73 Å². The molecule has 1 aromatic carbocycles. The number of nitrogens with two attached hydrogens (primary N) is 1. The summed E-state index contributed by atoms with van der Waals surface area (Å²) in [6.07, 6.45) is 2.65. The molecule has 6 nitrogen and oxygen atoms in total. The minimum Gasteiger partial charge on any atom is -0.326 e. The first-order valence-corrected chi connectivity index (χ1v) is 5.97. The quantitative estimate of drug-likeness (QED) is 0.671. The van der Waals surface area contributed by atoms with E-state index in [0.717, 1.165) is 5.56 Å². The summed E-state index contributed by atoms with van der Waals surface area (Å²) in [6.45, 7) is 3.78. The number of nitrogens with zero attached hydrogens (tertiary/aromatic N) is 3. The number of benzene rings is 1. The lowest BCUT2D eigenvalue weighted by Gasteiger charge is -2.34. The van der Waals surface area contributed by atoms with Crippen LogP contribution < -0.4 is 5.73 Å². The molecule has 2 aromatic rings. The molecule has 2 rings (SSSR count). The highest BCUT2D eigenvalue weighted by atomic mass is 16.6. The van der Waals surface area contributed by atoms with Crippen molar-refractivity contribution in [1.82, 2.24) is 9.78 Å². The fourth-order valence-electron chi connectivity index (χ4n) is 2.04. The summed E-state index contributed by atoms with van der Waals surface area (Å²) >= 11 is 0. The second-order valence-electron chi connectivity index (χ2n) is 4.70. The summed E-state index contributed by atoms with van der Waals surface area (Å²) in [7, 11) is 0. The van der Waals surface area contributed by atoms with Crippen LogP contribution in [0.1, 0.15) is 19.4 Å². The molecule has 6 heteroatoms. The predicted octanol–water partition coefficient (Wildman–Crippen LogP) is 1.90. The Hall–Kier alpha value is -2.21. The molecule has 2 unspecified atom stereocenters. The van der Waals surface area contributed by atoms with Gasteiger partial charge in [-0.05, 0) is 19.4 Å². The molecule has 0 bridgehead atoms. The van der Waals surface area contributed by atoms with Gasteiger partial charge in [-0.1, -0.05) is 30.3 Å². The lowest BCUT2D eigenvalue weighted by atomic mass is 9.86. The van der Waals surface area contributed by atoms with Crippen LogP contribution in [-0.4, -0.2) is 20.7 Å². The Bertz CT molecular complexity index is 579. The summed E-state index contributed by atoms with van der Waals surface area (Å²) in [5.41, 5.74) is 6.38. The summed E-state index contributed by atoms with van der Waals surface area (Å²) in [5, 5.41) is 14.9. The van der Waals surface area contributed by atoms with Gasteiger partial charge in [-0.15, -0.1) is 0 Å². The SMILES string of the molecule is CC(N)C(C)(c1ccccc1)n1cc([N+](=O)[O-])cn1. The molecule has 100 valence electrons. The van der Waals surface area contributed by atoms with E-state index in [2.05, 4.69) is 5.10 Å². The predicted molar refractivity (Wildman–Crippen MR) is 71.7 cm³/mol. The van der Waals surface area contributed by atoms with Gasteiger partial charge in [0.15, 0.2) is 0 Å². The molecule has 0 saturated carbocycles. The second-order valence-corrected chi connectivity index (χ2v) is 4.70. The molecule has 0 spiro atoms. The monoisotopic (exact) mass is 260 g/mol. The third kappa shape index (κ3) is 2.22. The minimum absolute atomic E-state index is 0.0391. The Morgan fingerprint density at radius 3 is 2.53 bits per heavy atom. The zero-order chi connectivity index (χ0) is 14.0. The molecule has 0 saturated heterocycles. The van der Waals surface area contributed by atoms with Crippen LogP contribution in [0.25, 0.3) is 0 Å². The van der Waals surface area contributed by atoms with E-state index in [9.17, 15) is 10.1 Å². The van der Waals surface area contributed by atoms with Crippen LogP contribution in [0.2, 0.25) is 0 Å². The van der Waals surface area contributed by atoms with E-state index in [1.165, 1.54) is 12.4 Å². The molecule has 0 aliphatic carbocycles. The van der Waals surface area contributed by atoms with Gasteiger partial charge in [-0.25, -0.2) is 0 Å². The first-order valence-electron chi connectivity index (χ1n) is 5.97. The summed E-state index contributed by atoms with van der Waals surface area (Å²) in [4.78, 5) is 10.3. The Labute approximate surface area is 111 Å². The first kappa shape index (κ1) is 13.2. The Morgan fingerprint density at radius 2 is 2.05 bits per heavy atom. The van der Waals surface area contributed by atoms with Gasteiger partial charge in [-0.2, -0.15) is 5.10 Å². The van der Waals surface area contributed by atoms with E-state index in [1.54, 1.807) is 4.68 Å². The maximum atomic E-state index is 10.8. The molecule has 0 radical (unpaired) electrons. The Balaban J connectivity index is 2.53. The highest BCUT2D eigenvalue weighted by Gasteiger charge is 2.34. The van der Waals surface area contributed by atoms with Crippen molar-refractivity contribution in [1.29, 1.82) is 0 Å². The number of rotatable bonds is 4. The zero-order valence-electron chi connectivity index (χ0n) is 10.9. The van der Waals surface area contributed by atoms with Gasteiger partial charge in [0.25, 0.3) is 0 Å². The molecule has 0 amide bonds. The van der Waals surface area contributed by atoms with Gasteiger partial charge in [0.05, 0.1) is 10.5 Å². The lowest BCUT2D eigenvalue weighted by molar-refractivity contribution is -0.385. The van der Waals surface area contributed by atoms with E-state index >= 15 is 0 Å². The van der Waals surface area contributed by atoms with Crippen LogP contribution in [0.5, 0.6) is 0 Å². The molecule has 1 heterocycles. The fourth-order valence-corrected chi connectivity index (χ4v) is 2.04. The third-order valence-corrected chi connectivity index (χ3v) is 3.50. The van der Waals surface area contributed by atoms with E-state index < -0.39 is 10.5 Å². The van der Waals surface area contributed by atoms with Crippen LogP contribution >= 0.6 is 0 Å². The van der Waals surface area contributed by atoms with E-state index in [0.29, 0.717) is 0 Å². The normalized spacial score (nSPS) is 15.7. The Morgan fingerprint density at radius 1 is 1.42 bits per heavy atom. The first-order chi connectivity index (χ1) is 8.96. The van der Waals surface area contributed by atoms with Gasteiger partial charge in [0.2, 0.25) is 0 Å². The highest BCUT2D eigenvalue weighted by Crippen LogP contribution is 2.29. The zero-order valence-corrected chi connectivity index (χ0v) is 10.9. The molecule has 0 aliphatic heterocycles. The molecule has 1 aromatic heterocycles. The van der Waals surface area contributed by atoms with E-state index in [-0.39, 0.29) is 11.7 Å². The van der Waals surface area contributed by atoms with Gasteiger partial charge in [0, 0.05) is 6.04 Å². The van der Waals surface area contributed by atoms with Gasteiger partial charge in [-0.3, -0.25) is 14.8 Å². The van der Waals surface area contributed by atoms with Crippen LogP contribution in [0.15, 0.2) is 42.7 Å². The second kappa shape index (κ2) is 4.81. The molecule has 2 N–H and O–H groups in total. The van der Waals surface area contributed by atoms with Crippen molar-refractivity contribution < 1.29 is 4.92 Å². The molecule has 0 fully saturated rings. The van der Waals surface area contributed by atoms with Crippen LogP contribution in [-0.2, 0) is 5.54 Å². The third-order valence-electron chi connectivity index (χ3n) is 3.50. The van der Waals surface area contributed by atoms with Crippen molar-refractivity contribution in [2.75, 3.05) is 0 Å². The molecular formula is C13H16N4O2. The summed E-state index contributed by atoms with van der Waals surface area (Å²) < 4.78 is 1.56. The topological polar surface area (TPSA) is 87.0 Å². The number of nitro groups is 1. The maximum Gasteiger partial charge on any atom is 0.307 e. The van der Waals surface area contributed by atoms with E-state index in [1.807, 2.05) is 44.2 Å². The van der Waals surface area contributed by atoms with Crippen LogP contribution in [0.4, 0.5) is 5.69 Å². The van der Waals surface area contributed by atoms with Gasteiger partial charge < -0.3 is 5.73 Å². The summed E-state index contributed by atoms with van der Waals surface area (Å²) in [5.74, 6) is 0. The number of hydrogen-bond acceptors (Lipinski definition) is 4. The van der Waals surface area contributed by atoms with Crippen LogP contribution in [0.3, 0.4) is 0 Å². The molecular weight excluding hydrogens is 244 g/mol. The van der Waals surface area contributed by atoms with Crippen molar-refractivity contribution in [2.45, 2.75) is 25.4 Å². The van der Waals surface area contributed by atoms with Gasteiger partial charge in [0.1, 0.15) is 12.4 Å². The standard InChI is InChI=1S/C13H16N4O2/c1-10(14)13(2,11-6-4-3-5-7-11)16-9-12(8-15-16)17(18)19/h3-10H,14H2,1-2H3. The molecule has 2 atom stereocenters. The number of aromatic nitrogens is 2. The van der Waals surface area contributed by atoms with E-state index in [4.69, 9.17) is 5.73 Å². The lowest BCUT2D eigenvalue weighted by Crippen LogP contribution is -2.47. The van der Waals surface area contributed by atoms with Crippen molar-refractivity contribution >= 4 is 5.69 Å². The van der Waals surface area contributed by atoms with Crippen molar-refractivity contribution in [3.63, 3.8) is 0 Å². The Kier molecular flexibility index (Phi) is 3.35. The summed E-state index contributed by atoms with van der Waals surface area (Å²) in [6, 6.07) is 9.36. The average molecular weight is 260 g/mol. The number of hydrogen-bond donors (Lipinski definition) is 1. The smallest absolute Gasteiger partial charge is 0.307 e.